The van der Waals surface area contributed by atoms with E-state index >= 15 is 0 Å². The number of nitrogens with one attached hydrogen (secondary N) is 1. The highest BCUT2D eigenvalue weighted by atomic mass is 32.1. The number of nitrogens with zero attached hydrogens (tertiary/aromatic N) is 2. The number of carboxylic acids is 1. The molecule has 0 amide bonds. The third kappa shape index (κ3) is 4.55. The van der Waals surface area contributed by atoms with Gasteiger partial charge in [-0.3, -0.25) is 0 Å². The first-order chi connectivity index (χ1) is 18.8. The minimum atomic E-state index is -1.14. The van der Waals surface area contributed by atoms with Gasteiger partial charge in [-0.05, 0) is 81.8 Å². The maximum atomic E-state index is 14.6. The zero-order valence-corrected chi connectivity index (χ0v) is 22.9. The summed E-state index contributed by atoms with van der Waals surface area (Å²) in [6.45, 7) is 0.308. The molecule has 3 heterocycles. The van der Waals surface area contributed by atoms with Gasteiger partial charge >= 0.3 is 5.97 Å². The van der Waals surface area contributed by atoms with Gasteiger partial charge in [-0.15, -0.1) is 0 Å². The van der Waals surface area contributed by atoms with Gasteiger partial charge in [-0.1, -0.05) is 24.2 Å². The van der Waals surface area contributed by atoms with Gasteiger partial charge in [0.1, 0.15) is 11.3 Å². The fraction of sp³-hybridized carbons (Fsp3) is 0.633. The standard InChI is InChI=1S/C30H36FN3O4S/c31-23-11-17(28(36)37)12-24-26(23)33-29(39-24)34-18-6-7-19(34)14-20(13-18)38-15-21(27(35)16-4-5-16)25(32)22-3-1-2-8-30(22)9-10-30/h11-12,16,18-20,22,32,35H,1-10,13-15H2,(H,36,37)/b27-21-,32-25?/t18-,19?,20?,22?/m0/s1. The summed E-state index contributed by atoms with van der Waals surface area (Å²) in [5, 5.41) is 30.3. The van der Waals surface area contributed by atoms with Gasteiger partial charge in [-0.25, -0.2) is 14.2 Å². The number of hydrogen-bond acceptors (Lipinski definition) is 7. The van der Waals surface area contributed by atoms with E-state index in [2.05, 4.69) is 9.88 Å². The van der Waals surface area contributed by atoms with E-state index in [1.807, 2.05) is 0 Å². The number of benzene rings is 1. The predicted molar refractivity (Wildman–Crippen MR) is 149 cm³/mol. The molecule has 208 valence electrons. The smallest absolute Gasteiger partial charge is 0.335 e. The normalized spacial score (nSPS) is 30.0. The van der Waals surface area contributed by atoms with Crippen LogP contribution in [-0.2, 0) is 4.74 Å². The van der Waals surface area contributed by atoms with Crippen molar-refractivity contribution in [3.8, 4) is 0 Å². The Morgan fingerprint density at radius 2 is 1.85 bits per heavy atom. The highest BCUT2D eigenvalue weighted by Crippen LogP contribution is 2.60. The van der Waals surface area contributed by atoms with Gasteiger partial charge in [0.25, 0.3) is 0 Å². The number of thiazole rings is 1. The largest absolute Gasteiger partial charge is 0.512 e. The van der Waals surface area contributed by atoms with E-state index in [-0.39, 0.29) is 41.1 Å². The number of aromatic nitrogens is 1. The Morgan fingerprint density at radius 1 is 1.10 bits per heavy atom. The number of aliphatic hydroxyl groups is 1. The summed E-state index contributed by atoms with van der Waals surface area (Å²) >= 11 is 1.36. The van der Waals surface area contributed by atoms with Gasteiger partial charge in [0.15, 0.2) is 10.9 Å². The third-order valence-corrected chi connectivity index (χ3v) is 11.1. The van der Waals surface area contributed by atoms with Gasteiger partial charge in [-0.2, -0.15) is 0 Å². The van der Waals surface area contributed by atoms with Crippen LogP contribution in [0.15, 0.2) is 23.5 Å². The van der Waals surface area contributed by atoms with Gasteiger partial charge in [0.2, 0.25) is 0 Å². The van der Waals surface area contributed by atoms with Crippen LogP contribution in [0.25, 0.3) is 10.2 Å². The Balaban J connectivity index is 1.06. The molecule has 1 aromatic carbocycles. The van der Waals surface area contributed by atoms with E-state index in [1.165, 1.54) is 49.5 Å². The molecule has 5 aliphatic rings. The van der Waals surface area contributed by atoms with Crippen molar-refractivity contribution in [1.29, 1.82) is 5.41 Å². The van der Waals surface area contributed by atoms with Crippen LogP contribution in [0.4, 0.5) is 9.52 Å². The highest BCUT2D eigenvalue weighted by molar-refractivity contribution is 7.22. The number of fused-ring (bicyclic) bond motifs is 3. The van der Waals surface area contributed by atoms with Crippen molar-refractivity contribution in [1.82, 2.24) is 4.98 Å². The second kappa shape index (κ2) is 9.54. The fourth-order valence-electron chi connectivity index (χ4n) is 7.61. The third-order valence-electron chi connectivity index (χ3n) is 10.1. The number of carboxylic acid groups (broad SMARTS) is 1. The second-order valence-electron chi connectivity index (χ2n) is 12.5. The average Bonchev–Trinajstić information content (AvgIpc) is 3.84. The average molecular weight is 554 g/mol. The first-order valence-electron chi connectivity index (χ1n) is 14.6. The molecule has 3 saturated carbocycles. The molecule has 1 spiro atoms. The molecule has 4 atom stereocenters. The lowest BCUT2D eigenvalue weighted by atomic mass is 9.72. The molecule has 2 aromatic rings. The molecule has 2 bridgehead atoms. The molecule has 1 aromatic heterocycles. The van der Waals surface area contributed by atoms with E-state index in [0.29, 0.717) is 28.2 Å². The minimum absolute atomic E-state index is 0.0412. The predicted octanol–water partition coefficient (Wildman–Crippen LogP) is 6.86. The van der Waals surface area contributed by atoms with Crippen LogP contribution in [-0.4, -0.2) is 51.7 Å². The van der Waals surface area contributed by atoms with Crippen molar-refractivity contribution in [3.05, 3.63) is 34.8 Å². The SMILES string of the molecule is N=C(/C(COC1CC2CC[C@@H](C1)N2c1nc2c(F)cc(C(=O)O)cc2s1)=C(\O)C1CC1)C1CCCCC12CC2. The summed E-state index contributed by atoms with van der Waals surface area (Å²) in [6.07, 6.45) is 12.9. The molecule has 5 fully saturated rings. The van der Waals surface area contributed by atoms with Crippen molar-refractivity contribution in [2.24, 2.45) is 17.3 Å². The van der Waals surface area contributed by atoms with E-state index < -0.39 is 11.8 Å². The van der Waals surface area contributed by atoms with Crippen LogP contribution in [0, 0.1) is 28.5 Å². The monoisotopic (exact) mass is 553 g/mol. The molecule has 3 N–H and O–H groups in total. The molecule has 7 nitrogen and oxygen atoms in total. The number of piperidine rings is 1. The zero-order valence-electron chi connectivity index (χ0n) is 22.1. The lowest BCUT2D eigenvalue weighted by Crippen LogP contribution is -2.45. The van der Waals surface area contributed by atoms with E-state index in [4.69, 9.17) is 4.74 Å². The number of rotatable bonds is 8. The van der Waals surface area contributed by atoms with Crippen LogP contribution in [0.5, 0.6) is 0 Å². The summed E-state index contributed by atoms with van der Waals surface area (Å²) in [4.78, 5) is 18.3. The quantitative estimate of drug-likeness (QED) is 0.243. The topological polar surface area (TPSA) is 107 Å². The van der Waals surface area contributed by atoms with Crippen LogP contribution in [0.3, 0.4) is 0 Å². The minimum Gasteiger partial charge on any atom is -0.512 e. The number of halogens is 1. The molecule has 7 rings (SSSR count). The lowest BCUT2D eigenvalue weighted by Gasteiger charge is -2.39. The van der Waals surface area contributed by atoms with Crippen LogP contribution in [0.2, 0.25) is 0 Å². The first kappa shape index (κ1) is 25.4. The van der Waals surface area contributed by atoms with Crippen molar-refractivity contribution in [2.75, 3.05) is 11.5 Å². The van der Waals surface area contributed by atoms with Crippen molar-refractivity contribution < 1.29 is 24.1 Å². The summed E-state index contributed by atoms with van der Waals surface area (Å²) in [5.41, 5.74) is 1.86. The number of allylic oxidation sites excluding steroid dienone is 1. The summed E-state index contributed by atoms with van der Waals surface area (Å²) in [6, 6.07) is 3.01. The number of aliphatic hydroxyl groups excluding tert-OH is 1. The zero-order chi connectivity index (χ0) is 26.9. The Morgan fingerprint density at radius 3 is 2.51 bits per heavy atom. The number of ether oxygens (including phenoxy) is 1. The molecule has 9 heteroatoms. The van der Waals surface area contributed by atoms with E-state index in [0.717, 1.165) is 61.7 Å². The Labute approximate surface area is 231 Å². The molecule has 2 aliphatic heterocycles. The van der Waals surface area contributed by atoms with E-state index in [9.17, 15) is 24.8 Å². The molecular weight excluding hydrogens is 517 g/mol. The van der Waals surface area contributed by atoms with Crippen LogP contribution in [0.1, 0.15) is 87.4 Å². The number of aromatic carboxylic acids is 1. The Hall–Kier alpha value is -2.52. The molecule has 39 heavy (non-hydrogen) atoms. The molecular formula is C30H36FN3O4S. The van der Waals surface area contributed by atoms with Crippen LogP contribution >= 0.6 is 11.3 Å². The van der Waals surface area contributed by atoms with Gasteiger partial charge in [0.05, 0.1) is 23.0 Å². The number of carbonyl (C=O) groups is 1. The van der Waals surface area contributed by atoms with Gasteiger partial charge in [0, 0.05) is 35.2 Å². The van der Waals surface area contributed by atoms with E-state index in [1.54, 1.807) is 0 Å². The Bertz CT molecular complexity index is 1350. The lowest BCUT2D eigenvalue weighted by molar-refractivity contribution is 0.0406. The maximum absolute atomic E-state index is 14.6. The number of hydrogen-bond donors (Lipinski definition) is 3. The molecule has 2 saturated heterocycles. The van der Waals surface area contributed by atoms with Crippen molar-refractivity contribution >= 4 is 38.4 Å². The summed E-state index contributed by atoms with van der Waals surface area (Å²) in [5.74, 6) is -0.888. The van der Waals surface area contributed by atoms with Crippen molar-refractivity contribution in [3.63, 3.8) is 0 Å². The highest BCUT2D eigenvalue weighted by Gasteiger charge is 2.52. The van der Waals surface area contributed by atoms with Crippen molar-refractivity contribution in [2.45, 2.75) is 95.2 Å². The first-order valence-corrected chi connectivity index (χ1v) is 15.4. The summed E-state index contributed by atoms with van der Waals surface area (Å²) in [7, 11) is 0. The number of anilines is 1. The fourth-order valence-corrected chi connectivity index (χ4v) is 8.77. The van der Waals surface area contributed by atoms with Gasteiger partial charge < -0.3 is 25.3 Å². The maximum Gasteiger partial charge on any atom is 0.335 e. The molecule has 0 radical (unpaired) electrons. The molecule has 3 aliphatic carbocycles. The van der Waals surface area contributed by atoms with Crippen LogP contribution < -0.4 is 4.90 Å². The molecule has 3 unspecified atom stereocenters. The summed E-state index contributed by atoms with van der Waals surface area (Å²) < 4.78 is 21.7. The second-order valence-corrected chi connectivity index (χ2v) is 13.5. The Kier molecular flexibility index (Phi) is 6.23.